The molecule has 1 unspecified atom stereocenters. The SMILES string of the molecule is CCCNC(c1cc(CC)ccc1CC)c1occc1C. The van der Waals surface area contributed by atoms with Crippen LogP contribution in [0.25, 0.3) is 0 Å². The van der Waals surface area contributed by atoms with Crippen molar-refractivity contribution in [2.75, 3.05) is 6.54 Å². The molecule has 0 aliphatic heterocycles. The zero-order chi connectivity index (χ0) is 15.2. The molecule has 0 aliphatic carbocycles. The first-order valence-corrected chi connectivity index (χ1v) is 8.10. The van der Waals surface area contributed by atoms with Crippen LogP contribution in [0.4, 0.5) is 0 Å². The molecule has 0 aliphatic rings. The highest BCUT2D eigenvalue weighted by molar-refractivity contribution is 5.39. The van der Waals surface area contributed by atoms with Gasteiger partial charge in [0, 0.05) is 0 Å². The molecule has 1 heterocycles. The van der Waals surface area contributed by atoms with Crippen molar-refractivity contribution in [1.29, 1.82) is 0 Å². The summed E-state index contributed by atoms with van der Waals surface area (Å²) in [5, 5.41) is 3.66. The van der Waals surface area contributed by atoms with Crippen LogP contribution in [0.3, 0.4) is 0 Å². The fraction of sp³-hybridized carbons (Fsp3) is 0.474. The number of hydrogen-bond acceptors (Lipinski definition) is 2. The van der Waals surface area contributed by atoms with E-state index in [9.17, 15) is 0 Å². The summed E-state index contributed by atoms with van der Waals surface area (Å²) in [6, 6.07) is 9.06. The van der Waals surface area contributed by atoms with E-state index in [0.29, 0.717) is 0 Å². The third-order valence-corrected chi connectivity index (χ3v) is 4.07. The molecule has 1 aromatic carbocycles. The quantitative estimate of drug-likeness (QED) is 0.790. The minimum absolute atomic E-state index is 0.154. The van der Waals surface area contributed by atoms with Gasteiger partial charge >= 0.3 is 0 Å². The molecular formula is C19H27NO. The summed E-state index contributed by atoms with van der Waals surface area (Å²) in [5.41, 5.74) is 5.36. The largest absolute Gasteiger partial charge is 0.467 e. The predicted molar refractivity (Wildman–Crippen MR) is 88.8 cm³/mol. The summed E-state index contributed by atoms with van der Waals surface area (Å²) in [4.78, 5) is 0. The highest BCUT2D eigenvalue weighted by Gasteiger charge is 2.21. The number of benzene rings is 1. The second-order valence-corrected chi connectivity index (χ2v) is 5.60. The van der Waals surface area contributed by atoms with E-state index in [2.05, 4.69) is 51.2 Å². The van der Waals surface area contributed by atoms with E-state index < -0.39 is 0 Å². The normalized spacial score (nSPS) is 12.6. The molecule has 0 amide bonds. The maximum atomic E-state index is 5.79. The molecule has 2 rings (SSSR count). The molecule has 0 radical (unpaired) electrons. The third kappa shape index (κ3) is 3.56. The van der Waals surface area contributed by atoms with E-state index in [1.807, 2.05) is 6.07 Å². The van der Waals surface area contributed by atoms with Gasteiger partial charge in [-0.3, -0.25) is 0 Å². The zero-order valence-electron chi connectivity index (χ0n) is 13.7. The number of nitrogens with one attached hydrogen (secondary N) is 1. The van der Waals surface area contributed by atoms with Crippen LogP contribution in [0.2, 0.25) is 0 Å². The van der Waals surface area contributed by atoms with Crippen LogP contribution < -0.4 is 5.32 Å². The number of furan rings is 1. The first kappa shape index (κ1) is 15.8. The fourth-order valence-electron chi connectivity index (χ4n) is 2.77. The molecule has 2 heteroatoms. The second kappa shape index (κ2) is 7.46. The molecule has 0 saturated carbocycles. The molecule has 1 N–H and O–H groups in total. The van der Waals surface area contributed by atoms with Gasteiger partial charge in [0.2, 0.25) is 0 Å². The molecule has 1 aromatic heterocycles. The Morgan fingerprint density at radius 2 is 1.90 bits per heavy atom. The number of aryl methyl sites for hydroxylation is 3. The molecule has 0 spiro atoms. The van der Waals surface area contributed by atoms with Gasteiger partial charge in [-0.2, -0.15) is 0 Å². The molecule has 0 saturated heterocycles. The number of rotatable bonds is 7. The van der Waals surface area contributed by atoms with E-state index >= 15 is 0 Å². The Labute approximate surface area is 128 Å². The summed E-state index contributed by atoms with van der Waals surface area (Å²) >= 11 is 0. The Balaban J connectivity index is 2.47. The molecule has 0 bridgehead atoms. The lowest BCUT2D eigenvalue weighted by molar-refractivity contribution is 0.442. The van der Waals surface area contributed by atoms with Crippen LogP contribution in [-0.4, -0.2) is 6.54 Å². The Morgan fingerprint density at radius 1 is 1.10 bits per heavy atom. The monoisotopic (exact) mass is 285 g/mol. The molecule has 1 atom stereocenters. The van der Waals surface area contributed by atoms with Crippen LogP contribution in [0, 0.1) is 6.92 Å². The minimum Gasteiger partial charge on any atom is -0.467 e. The lowest BCUT2D eigenvalue weighted by atomic mass is 9.93. The van der Waals surface area contributed by atoms with Crippen molar-refractivity contribution in [3.8, 4) is 0 Å². The lowest BCUT2D eigenvalue weighted by Crippen LogP contribution is -2.24. The van der Waals surface area contributed by atoms with E-state index in [4.69, 9.17) is 4.42 Å². The minimum atomic E-state index is 0.154. The van der Waals surface area contributed by atoms with Gasteiger partial charge in [0.1, 0.15) is 5.76 Å². The zero-order valence-corrected chi connectivity index (χ0v) is 13.7. The average Bonchev–Trinajstić information content (AvgIpc) is 2.93. The van der Waals surface area contributed by atoms with E-state index in [1.54, 1.807) is 6.26 Å². The van der Waals surface area contributed by atoms with Gasteiger partial charge in [-0.1, -0.05) is 39.0 Å². The Kier molecular flexibility index (Phi) is 5.63. The van der Waals surface area contributed by atoms with Crippen LogP contribution in [0.5, 0.6) is 0 Å². The summed E-state index contributed by atoms with van der Waals surface area (Å²) in [5.74, 6) is 1.05. The first-order valence-electron chi connectivity index (χ1n) is 8.10. The van der Waals surface area contributed by atoms with Crippen molar-refractivity contribution in [2.45, 2.75) is 53.0 Å². The molecule has 114 valence electrons. The van der Waals surface area contributed by atoms with Crippen molar-refractivity contribution in [3.05, 3.63) is 58.5 Å². The molecular weight excluding hydrogens is 258 g/mol. The van der Waals surface area contributed by atoms with Crippen LogP contribution in [0.15, 0.2) is 34.9 Å². The van der Waals surface area contributed by atoms with Gasteiger partial charge in [-0.15, -0.1) is 0 Å². The standard InChI is InChI=1S/C19H27NO/c1-5-11-20-18(19-14(4)10-12-21-19)17-13-15(6-2)8-9-16(17)7-3/h8-10,12-13,18,20H,5-7,11H2,1-4H3. The maximum absolute atomic E-state index is 5.79. The Bertz CT molecular complexity index is 571. The highest BCUT2D eigenvalue weighted by atomic mass is 16.3. The van der Waals surface area contributed by atoms with Gasteiger partial charge in [0.05, 0.1) is 12.3 Å². The van der Waals surface area contributed by atoms with Crippen molar-refractivity contribution in [2.24, 2.45) is 0 Å². The smallest absolute Gasteiger partial charge is 0.128 e. The van der Waals surface area contributed by atoms with Crippen molar-refractivity contribution in [3.63, 3.8) is 0 Å². The van der Waals surface area contributed by atoms with Crippen LogP contribution >= 0.6 is 0 Å². The van der Waals surface area contributed by atoms with Crippen molar-refractivity contribution >= 4 is 0 Å². The van der Waals surface area contributed by atoms with Gasteiger partial charge in [-0.05, 0) is 61.1 Å². The van der Waals surface area contributed by atoms with E-state index in [-0.39, 0.29) is 6.04 Å². The fourth-order valence-corrected chi connectivity index (χ4v) is 2.77. The number of hydrogen-bond donors (Lipinski definition) is 1. The first-order chi connectivity index (χ1) is 10.2. The summed E-state index contributed by atoms with van der Waals surface area (Å²) in [6.07, 6.45) is 5.02. The average molecular weight is 285 g/mol. The van der Waals surface area contributed by atoms with Crippen LogP contribution in [-0.2, 0) is 12.8 Å². The van der Waals surface area contributed by atoms with Gasteiger partial charge in [0.15, 0.2) is 0 Å². The molecule has 21 heavy (non-hydrogen) atoms. The molecule has 2 aromatic rings. The van der Waals surface area contributed by atoms with Gasteiger partial charge in [-0.25, -0.2) is 0 Å². The van der Waals surface area contributed by atoms with Crippen molar-refractivity contribution < 1.29 is 4.42 Å². The summed E-state index contributed by atoms with van der Waals surface area (Å²) in [7, 11) is 0. The van der Waals surface area contributed by atoms with Gasteiger partial charge in [0.25, 0.3) is 0 Å². The molecule has 2 nitrogen and oxygen atoms in total. The van der Waals surface area contributed by atoms with Crippen LogP contribution in [0.1, 0.15) is 61.2 Å². The topological polar surface area (TPSA) is 25.2 Å². The van der Waals surface area contributed by atoms with E-state index in [1.165, 1.54) is 22.3 Å². The Hall–Kier alpha value is -1.54. The Morgan fingerprint density at radius 3 is 2.48 bits per heavy atom. The summed E-state index contributed by atoms with van der Waals surface area (Å²) in [6.45, 7) is 9.73. The second-order valence-electron chi connectivity index (χ2n) is 5.60. The summed E-state index contributed by atoms with van der Waals surface area (Å²) < 4.78 is 5.79. The van der Waals surface area contributed by atoms with E-state index in [0.717, 1.165) is 31.6 Å². The van der Waals surface area contributed by atoms with Crippen molar-refractivity contribution in [1.82, 2.24) is 5.32 Å². The van der Waals surface area contributed by atoms with Gasteiger partial charge < -0.3 is 9.73 Å². The molecule has 0 fully saturated rings. The maximum Gasteiger partial charge on any atom is 0.128 e. The highest BCUT2D eigenvalue weighted by Crippen LogP contribution is 2.29. The lowest BCUT2D eigenvalue weighted by Gasteiger charge is -2.21. The predicted octanol–water partition coefficient (Wildman–Crippen LogP) is 4.80. The third-order valence-electron chi connectivity index (χ3n) is 4.07.